The predicted octanol–water partition coefficient (Wildman–Crippen LogP) is 0.261. The number of carbonyl (C=O) groups is 2. The van der Waals surface area contributed by atoms with Crippen LogP contribution in [-0.4, -0.2) is 52.9 Å². The third-order valence-corrected chi connectivity index (χ3v) is 3.01. The monoisotopic (exact) mass is 277 g/mol. The highest BCUT2D eigenvalue weighted by Gasteiger charge is 2.21. The first-order valence-electron chi connectivity index (χ1n) is 6.82. The van der Waals surface area contributed by atoms with E-state index in [9.17, 15) is 9.59 Å². The molecule has 0 aliphatic carbocycles. The summed E-state index contributed by atoms with van der Waals surface area (Å²) in [7, 11) is 0. The molecule has 2 rings (SSSR count). The van der Waals surface area contributed by atoms with Crippen molar-refractivity contribution in [3.05, 3.63) is 18.1 Å². The van der Waals surface area contributed by atoms with Crippen molar-refractivity contribution in [1.82, 2.24) is 20.2 Å². The van der Waals surface area contributed by atoms with E-state index in [4.69, 9.17) is 0 Å². The van der Waals surface area contributed by atoms with Crippen LogP contribution in [0.25, 0.3) is 0 Å². The Balaban J connectivity index is 2.06. The molecule has 108 valence electrons. The lowest BCUT2D eigenvalue weighted by Gasteiger charge is -2.19. The van der Waals surface area contributed by atoms with Crippen molar-refractivity contribution in [2.24, 2.45) is 0 Å². The van der Waals surface area contributed by atoms with Gasteiger partial charge in [-0.25, -0.2) is 4.98 Å². The van der Waals surface area contributed by atoms with Crippen LogP contribution >= 0.6 is 0 Å². The fourth-order valence-corrected chi connectivity index (χ4v) is 1.94. The molecule has 0 unspecified atom stereocenters. The van der Waals surface area contributed by atoms with Crippen molar-refractivity contribution in [2.75, 3.05) is 31.5 Å². The molecule has 1 fully saturated rings. The van der Waals surface area contributed by atoms with E-state index < -0.39 is 0 Å². The number of aromatic nitrogens is 2. The lowest BCUT2D eigenvalue weighted by molar-refractivity contribution is -0.120. The van der Waals surface area contributed by atoms with Gasteiger partial charge in [0.05, 0.1) is 12.4 Å². The standard InChI is InChI=1S/C13H19N5O2/c1-2-4-15-11-9-14-8-10(17-11)13(20)18-6-3-12(19)16-5-7-18/h8-9H,2-7H2,1H3,(H,15,17)(H,16,19). The third kappa shape index (κ3) is 3.66. The number of hydrogen-bond acceptors (Lipinski definition) is 5. The lowest BCUT2D eigenvalue weighted by atomic mass is 10.3. The van der Waals surface area contributed by atoms with Gasteiger partial charge in [0.25, 0.3) is 5.91 Å². The van der Waals surface area contributed by atoms with Gasteiger partial charge in [-0.1, -0.05) is 6.92 Å². The molecule has 2 amide bonds. The Hall–Kier alpha value is -2.18. The van der Waals surface area contributed by atoms with Crippen LogP contribution in [0.5, 0.6) is 0 Å². The minimum atomic E-state index is -0.186. The first-order chi connectivity index (χ1) is 9.70. The van der Waals surface area contributed by atoms with Gasteiger partial charge in [0.2, 0.25) is 5.91 Å². The summed E-state index contributed by atoms with van der Waals surface area (Å²) in [5.74, 6) is 0.389. The number of rotatable bonds is 4. The Morgan fingerprint density at radius 2 is 2.30 bits per heavy atom. The van der Waals surface area contributed by atoms with Gasteiger partial charge in [-0.2, -0.15) is 0 Å². The maximum atomic E-state index is 12.3. The summed E-state index contributed by atoms with van der Waals surface area (Å²) in [4.78, 5) is 33.5. The van der Waals surface area contributed by atoms with Gasteiger partial charge in [-0.15, -0.1) is 0 Å². The van der Waals surface area contributed by atoms with Gasteiger partial charge in [0.15, 0.2) is 0 Å². The molecule has 0 aromatic carbocycles. The van der Waals surface area contributed by atoms with Crippen molar-refractivity contribution >= 4 is 17.6 Å². The maximum Gasteiger partial charge on any atom is 0.274 e. The number of nitrogens with zero attached hydrogens (tertiary/aromatic N) is 3. The molecule has 1 aliphatic rings. The average Bonchev–Trinajstić information content (AvgIpc) is 2.69. The van der Waals surface area contributed by atoms with E-state index in [1.165, 1.54) is 6.20 Å². The van der Waals surface area contributed by atoms with Crippen LogP contribution in [0.15, 0.2) is 12.4 Å². The zero-order valence-electron chi connectivity index (χ0n) is 11.6. The van der Waals surface area contributed by atoms with Gasteiger partial charge < -0.3 is 15.5 Å². The van der Waals surface area contributed by atoms with E-state index in [-0.39, 0.29) is 11.8 Å². The summed E-state index contributed by atoms with van der Waals surface area (Å²) < 4.78 is 0. The normalized spacial score (nSPS) is 15.4. The van der Waals surface area contributed by atoms with E-state index in [0.717, 1.165) is 13.0 Å². The van der Waals surface area contributed by atoms with E-state index in [0.29, 0.717) is 37.6 Å². The number of nitrogens with one attached hydrogen (secondary N) is 2. The van der Waals surface area contributed by atoms with E-state index in [1.54, 1.807) is 11.1 Å². The number of amides is 2. The minimum absolute atomic E-state index is 0.0234. The fraction of sp³-hybridized carbons (Fsp3) is 0.538. The second-order valence-corrected chi connectivity index (χ2v) is 4.61. The van der Waals surface area contributed by atoms with Crippen LogP contribution < -0.4 is 10.6 Å². The quantitative estimate of drug-likeness (QED) is 0.824. The van der Waals surface area contributed by atoms with Gasteiger partial charge >= 0.3 is 0 Å². The van der Waals surface area contributed by atoms with Crippen molar-refractivity contribution in [1.29, 1.82) is 0 Å². The molecule has 1 saturated heterocycles. The molecule has 0 saturated carbocycles. The lowest BCUT2D eigenvalue weighted by Crippen LogP contribution is -2.34. The van der Waals surface area contributed by atoms with Crippen LogP contribution in [-0.2, 0) is 4.79 Å². The summed E-state index contributed by atoms with van der Waals surface area (Å²) in [5.41, 5.74) is 0.306. The number of anilines is 1. The Bertz CT molecular complexity index is 491. The van der Waals surface area contributed by atoms with E-state index >= 15 is 0 Å². The SMILES string of the molecule is CCCNc1cncc(C(=O)N2CCNC(=O)CC2)n1. The first kappa shape index (κ1) is 14.2. The largest absolute Gasteiger partial charge is 0.369 e. The molecule has 2 heterocycles. The van der Waals surface area contributed by atoms with Gasteiger partial charge in [-0.05, 0) is 6.42 Å². The van der Waals surface area contributed by atoms with Crippen LogP contribution in [0.3, 0.4) is 0 Å². The van der Waals surface area contributed by atoms with Gasteiger partial charge in [0, 0.05) is 32.6 Å². The molecule has 1 aliphatic heterocycles. The minimum Gasteiger partial charge on any atom is -0.369 e. The maximum absolute atomic E-state index is 12.3. The highest BCUT2D eigenvalue weighted by atomic mass is 16.2. The summed E-state index contributed by atoms with van der Waals surface area (Å²) >= 11 is 0. The van der Waals surface area contributed by atoms with Crippen molar-refractivity contribution in [2.45, 2.75) is 19.8 Å². The van der Waals surface area contributed by atoms with E-state index in [2.05, 4.69) is 27.5 Å². The molecule has 1 aromatic rings. The van der Waals surface area contributed by atoms with Crippen LogP contribution in [0.2, 0.25) is 0 Å². The molecule has 0 radical (unpaired) electrons. The topological polar surface area (TPSA) is 87.2 Å². The second kappa shape index (κ2) is 6.83. The van der Waals surface area contributed by atoms with E-state index in [1.807, 2.05) is 0 Å². The molecule has 0 bridgehead atoms. The second-order valence-electron chi connectivity index (χ2n) is 4.61. The molecular weight excluding hydrogens is 258 g/mol. The van der Waals surface area contributed by atoms with Crippen molar-refractivity contribution in [3.8, 4) is 0 Å². The summed E-state index contributed by atoms with van der Waals surface area (Å²) in [5, 5.41) is 5.84. The molecule has 7 nitrogen and oxygen atoms in total. The van der Waals surface area contributed by atoms with Crippen molar-refractivity contribution < 1.29 is 9.59 Å². The smallest absolute Gasteiger partial charge is 0.274 e. The highest BCUT2D eigenvalue weighted by Crippen LogP contribution is 2.07. The highest BCUT2D eigenvalue weighted by molar-refractivity contribution is 5.93. The molecule has 0 spiro atoms. The number of carbonyl (C=O) groups excluding carboxylic acids is 2. The predicted molar refractivity (Wildman–Crippen MR) is 74.3 cm³/mol. The fourth-order valence-electron chi connectivity index (χ4n) is 1.94. The summed E-state index contributed by atoms with van der Waals surface area (Å²) in [6.07, 6.45) is 4.35. The van der Waals surface area contributed by atoms with Crippen LogP contribution in [0.1, 0.15) is 30.3 Å². The molecule has 1 aromatic heterocycles. The summed E-state index contributed by atoms with van der Waals surface area (Å²) in [6, 6.07) is 0. The Labute approximate surface area is 117 Å². The Morgan fingerprint density at radius 1 is 1.45 bits per heavy atom. The molecular formula is C13H19N5O2. The van der Waals surface area contributed by atoms with Gasteiger partial charge in [0.1, 0.15) is 11.5 Å². The van der Waals surface area contributed by atoms with Crippen LogP contribution in [0, 0.1) is 0 Å². The summed E-state index contributed by atoms with van der Waals surface area (Å²) in [6.45, 7) is 4.23. The average molecular weight is 277 g/mol. The Morgan fingerprint density at radius 3 is 3.10 bits per heavy atom. The zero-order valence-corrected chi connectivity index (χ0v) is 11.6. The third-order valence-electron chi connectivity index (χ3n) is 3.01. The molecule has 7 heteroatoms. The van der Waals surface area contributed by atoms with Gasteiger partial charge in [-0.3, -0.25) is 14.6 Å². The number of hydrogen-bond donors (Lipinski definition) is 2. The Kier molecular flexibility index (Phi) is 4.86. The van der Waals surface area contributed by atoms with Crippen LogP contribution in [0.4, 0.5) is 5.82 Å². The molecule has 20 heavy (non-hydrogen) atoms. The molecule has 0 atom stereocenters. The zero-order chi connectivity index (χ0) is 14.4. The first-order valence-corrected chi connectivity index (χ1v) is 6.82. The van der Waals surface area contributed by atoms with Crippen molar-refractivity contribution in [3.63, 3.8) is 0 Å². The molecule has 2 N–H and O–H groups in total.